The van der Waals surface area contributed by atoms with Gasteiger partial charge in [-0.25, -0.2) is 4.98 Å². The van der Waals surface area contributed by atoms with Crippen molar-refractivity contribution in [3.63, 3.8) is 0 Å². The largest absolute Gasteiger partial charge is 0.573 e. The van der Waals surface area contributed by atoms with Crippen molar-refractivity contribution in [2.75, 3.05) is 5.32 Å². The van der Waals surface area contributed by atoms with Crippen molar-refractivity contribution in [2.24, 2.45) is 0 Å². The number of benzene rings is 1. The Morgan fingerprint density at radius 3 is 2.31 bits per heavy atom. The van der Waals surface area contributed by atoms with Gasteiger partial charge in [-0.05, 0) is 60.3 Å². The smallest absolute Gasteiger partial charge is 0.406 e. The van der Waals surface area contributed by atoms with Crippen molar-refractivity contribution < 1.29 is 27.5 Å². The van der Waals surface area contributed by atoms with Crippen molar-refractivity contribution in [1.29, 1.82) is 0 Å². The van der Waals surface area contributed by atoms with E-state index in [1.54, 1.807) is 12.1 Å². The summed E-state index contributed by atoms with van der Waals surface area (Å²) >= 11 is 0.787. The Bertz CT molecular complexity index is 1010. The number of alkyl halides is 3. The number of pyridine rings is 2. The molecule has 1 aromatic carbocycles. The molecule has 2 heterocycles. The summed E-state index contributed by atoms with van der Waals surface area (Å²) in [5.74, 6) is -0.969. The summed E-state index contributed by atoms with van der Waals surface area (Å²) in [6, 6.07) is 10.8. The molecular formula is C19H12F3N3O3S. The zero-order chi connectivity index (χ0) is 20.9. The Morgan fingerprint density at radius 2 is 1.66 bits per heavy atom. The number of hydrogen-bond donors (Lipinski definition) is 1. The fraction of sp³-hybridized carbons (Fsp3) is 0.0526. The highest BCUT2D eigenvalue weighted by atomic mass is 32.2. The van der Waals surface area contributed by atoms with Crippen LogP contribution >= 0.6 is 11.8 Å². The van der Waals surface area contributed by atoms with E-state index in [0.717, 1.165) is 23.9 Å². The highest BCUT2D eigenvalue weighted by Crippen LogP contribution is 2.26. The third-order valence-corrected chi connectivity index (χ3v) is 4.41. The third kappa shape index (κ3) is 5.79. The van der Waals surface area contributed by atoms with Gasteiger partial charge < -0.3 is 10.1 Å². The van der Waals surface area contributed by atoms with Crippen LogP contribution in [0.1, 0.15) is 20.7 Å². The Morgan fingerprint density at radius 1 is 0.966 bits per heavy atom. The molecule has 0 saturated carbocycles. The number of aromatic nitrogens is 2. The zero-order valence-corrected chi connectivity index (χ0v) is 15.3. The molecular weight excluding hydrogens is 407 g/mol. The fourth-order valence-electron chi connectivity index (χ4n) is 2.22. The lowest BCUT2D eigenvalue weighted by molar-refractivity contribution is -0.274. The average molecular weight is 419 g/mol. The van der Waals surface area contributed by atoms with E-state index in [0.29, 0.717) is 5.56 Å². The molecule has 0 unspecified atom stereocenters. The number of carbonyl (C=O) groups is 2. The highest BCUT2D eigenvalue weighted by Gasteiger charge is 2.31. The van der Waals surface area contributed by atoms with Gasteiger partial charge in [0.15, 0.2) is 0 Å². The van der Waals surface area contributed by atoms with Crippen LogP contribution in [0.4, 0.5) is 18.9 Å². The van der Waals surface area contributed by atoms with Gasteiger partial charge in [0.05, 0.1) is 5.56 Å². The molecule has 6 nitrogen and oxygen atoms in total. The van der Waals surface area contributed by atoms with Gasteiger partial charge in [0.25, 0.3) is 5.91 Å². The van der Waals surface area contributed by atoms with E-state index in [4.69, 9.17) is 0 Å². The first kappa shape index (κ1) is 20.3. The minimum atomic E-state index is -4.80. The van der Waals surface area contributed by atoms with E-state index in [2.05, 4.69) is 20.0 Å². The molecule has 1 amide bonds. The summed E-state index contributed by atoms with van der Waals surface area (Å²) in [5, 5.41) is 2.44. The van der Waals surface area contributed by atoms with Crippen LogP contribution in [0.25, 0.3) is 0 Å². The molecule has 29 heavy (non-hydrogen) atoms. The predicted molar refractivity (Wildman–Crippen MR) is 99.7 cm³/mol. The van der Waals surface area contributed by atoms with E-state index < -0.39 is 18.0 Å². The van der Waals surface area contributed by atoms with Crippen molar-refractivity contribution in [3.05, 3.63) is 78.2 Å². The molecule has 2 aromatic heterocycles. The van der Waals surface area contributed by atoms with E-state index in [9.17, 15) is 22.8 Å². The molecule has 0 fully saturated rings. The first-order valence-electron chi connectivity index (χ1n) is 8.06. The van der Waals surface area contributed by atoms with Gasteiger partial charge in [0, 0.05) is 29.8 Å². The lowest BCUT2D eigenvalue weighted by atomic mass is 10.2. The maximum Gasteiger partial charge on any atom is 0.573 e. The second-order valence-corrected chi connectivity index (χ2v) is 6.47. The molecule has 0 aliphatic carbocycles. The first-order valence-corrected chi connectivity index (χ1v) is 8.88. The summed E-state index contributed by atoms with van der Waals surface area (Å²) < 4.78 is 40.4. The van der Waals surface area contributed by atoms with E-state index >= 15 is 0 Å². The number of amides is 1. The van der Waals surface area contributed by atoms with Crippen molar-refractivity contribution >= 4 is 28.5 Å². The molecule has 3 aromatic rings. The number of anilines is 1. The van der Waals surface area contributed by atoms with Crippen LogP contribution in [0.3, 0.4) is 0 Å². The van der Waals surface area contributed by atoms with Gasteiger partial charge >= 0.3 is 6.36 Å². The molecule has 0 saturated heterocycles. The summed E-state index contributed by atoms with van der Waals surface area (Å²) in [6.45, 7) is 0. The van der Waals surface area contributed by atoms with Crippen LogP contribution in [0, 0.1) is 0 Å². The Hall–Kier alpha value is -3.40. The number of nitrogens with one attached hydrogen (secondary N) is 1. The van der Waals surface area contributed by atoms with Crippen LogP contribution in [-0.4, -0.2) is 27.4 Å². The normalized spacial score (nSPS) is 11.0. The number of carbonyl (C=O) groups excluding carboxylic acids is 2. The molecule has 0 atom stereocenters. The van der Waals surface area contributed by atoms with Crippen molar-refractivity contribution in [3.8, 4) is 5.75 Å². The Kier molecular flexibility index (Phi) is 6.13. The molecule has 0 radical (unpaired) electrons. The summed E-state index contributed by atoms with van der Waals surface area (Å²) in [4.78, 5) is 32.8. The number of halogens is 3. The molecule has 10 heteroatoms. The number of nitrogens with zero attached hydrogens (tertiary/aromatic N) is 2. The first-order chi connectivity index (χ1) is 13.8. The van der Waals surface area contributed by atoms with Crippen molar-refractivity contribution in [2.45, 2.75) is 11.4 Å². The van der Waals surface area contributed by atoms with Gasteiger partial charge in [0.1, 0.15) is 10.8 Å². The molecule has 1 N–H and O–H groups in total. The van der Waals surface area contributed by atoms with Gasteiger partial charge in [-0.15, -0.1) is 13.2 Å². The van der Waals surface area contributed by atoms with E-state index in [1.165, 1.54) is 42.9 Å². The molecule has 0 bridgehead atoms. The highest BCUT2D eigenvalue weighted by molar-refractivity contribution is 8.14. The molecule has 0 aliphatic heterocycles. The van der Waals surface area contributed by atoms with Gasteiger partial charge in [-0.3, -0.25) is 14.6 Å². The zero-order valence-electron chi connectivity index (χ0n) is 14.5. The van der Waals surface area contributed by atoms with Gasteiger partial charge in [-0.1, -0.05) is 0 Å². The topological polar surface area (TPSA) is 81.2 Å². The second-order valence-electron chi connectivity index (χ2n) is 5.51. The van der Waals surface area contributed by atoms with Crippen LogP contribution in [0.5, 0.6) is 5.75 Å². The molecule has 0 spiro atoms. The van der Waals surface area contributed by atoms with Crippen LogP contribution in [-0.2, 0) is 0 Å². The number of ether oxygens (including phenoxy) is 1. The number of thioether (sulfide) groups is 1. The monoisotopic (exact) mass is 419 g/mol. The molecule has 0 aliphatic rings. The molecule has 3 rings (SSSR count). The quantitative estimate of drug-likeness (QED) is 0.611. The molecule has 148 valence electrons. The number of rotatable bonds is 5. The van der Waals surface area contributed by atoms with Crippen molar-refractivity contribution in [1.82, 2.24) is 9.97 Å². The maximum atomic E-state index is 12.6. The summed E-state index contributed by atoms with van der Waals surface area (Å²) in [5.41, 5.74) is 0.808. The standard InChI is InChI=1S/C19H12F3N3O3S/c20-19(21,22)28-14-5-3-13(4-6-14)25-16(26)15-2-1-9-24-17(15)29-18(27)12-7-10-23-11-8-12/h1-11H,(H,25,26). The van der Waals surface area contributed by atoms with E-state index in [-0.39, 0.29) is 21.4 Å². The SMILES string of the molecule is O=C(Sc1ncccc1C(=O)Nc1ccc(OC(F)(F)F)cc1)c1ccncc1. The summed E-state index contributed by atoms with van der Waals surface area (Å²) in [6.07, 6.45) is -0.395. The van der Waals surface area contributed by atoms with Crippen LogP contribution in [0.15, 0.2) is 72.1 Å². The second kappa shape index (κ2) is 8.74. The summed E-state index contributed by atoms with van der Waals surface area (Å²) in [7, 11) is 0. The van der Waals surface area contributed by atoms with Crippen LogP contribution < -0.4 is 10.1 Å². The van der Waals surface area contributed by atoms with Gasteiger partial charge in [-0.2, -0.15) is 0 Å². The minimum Gasteiger partial charge on any atom is -0.406 e. The van der Waals surface area contributed by atoms with Crippen LogP contribution in [0.2, 0.25) is 0 Å². The van der Waals surface area contributed by atoms with Gasteiger partial charge in [0.2, 0.25) is 5.12 Å². The minimum absolute atomic E-state index is 0.149. The fourth-order valence-corrected chi connectivity index (χ4v) is 3.03. The lowest BCUT2D eigenvalue weighted by Gasteiger charge is -2.11. The van der Waals surface area contributed by atoms with E-state index in [1.807, 2.05) is 0 Å². The Labute approximate surface area is 167 Å². The Balaban J connectivity index is 1.72. The maximum absolute atomic E-state index is 12.6. The predicted octanol–water partition coefficient (Wildman–Crippen LogP) is 4.56. The average Bonchev–Trinajstić information content (AvgIpc) is 2.69. The third-order valence-electron chi connectivity index (χ3n) is 3.47. The lowest BCUT2D eigenvalue weighted by Crippen LogP contribution is -2.17. The number of hydrogen-bond acceptors (Lipinski definition) is 6.